The van der Waals surface area contributed by atoms with Gasteiger partial charge in [0.25, 0.3) is 0 Å². The second kappa shape index (κ2) is 6.07. The molecule has 2 saturated carbocycles. The van der Waals surface area contributed by atoms with Gasteiger partial charge in [0.15, 0.2) is 0 Å². The Labute approximate surface area is 162 Å². The molecule has 3 nitrogen and oxygen atoms in total. The largest absolute Gasteiger partial charge is 0.349 e. The average Bonchev–Trinajstić information content (AvgIpc) is 3.23. The molecule has 27 heavy (non-hydrogen) atoms. The molecular weight excluding hydrogens is 332 g/mol. The van der Waals surface area contributed by atoms with Crippen LogP contribution >= 0.6 is 0 Å². The molecule has 3 aliphatic carbocycles. The highest BCUT2D eigenvalue weighted by atomic mass is 16.2. The molecule has 2 heterocycles. The van der Waals surface area contributed by atoms with Gasteiger partial charge in [-0.05, 0) is 85.9 Å². The van der Waals surface area contributed by atoms with Crippen LogP contribution < -0.4 is 5.32 Å². The summed E-state index contributed by atoms with van der Waals surface area (Å²) in [7, 11) is 0. The first-order valence-electron chi connectivity index (χ1n) is 11.3. The maximum atomic E-state index is 12.1. The summed E-state index contributed by atoms with van der Waals surface area (Å²) in [5.41, 5.74) is 3.29. The molecule has 2 saturated heterocycles. The Balaban J connectivity index is 1.24. The number of carbonyl (C=O) groups excluding carboxylic acids is 1. The van der Waals surface area contributed by atoms with Gasteiger partial charge in [-0.25, -0.2) is 0 Å². The number of amides is 1. The fourth-order valence-electron chi connectivity index (χ4n) is 7.65. The molecule has 3 heteroatoms. The van der Waals surface area contributed by atoms with E-state index < -0.39 is 0 Å². The number of fused-ring (bicyclic) bond motifs is 6. The number of hydrogen-bond donors (Lipinski definition) is 1. The van der Waals surface area contributed by atoms with Crippen LogP contribution in [0.5, 0.6) is 0 Å². The van der Waals surface area contributed by atoms with Crippen LogP contribution in [0.1, 0.15) is 75.0 Å². The summed E-state index contributed by atoms with van der Waals surface area (Å²) >= 11 is 0. The molecular formula is C24H32N2O. The third-order valence-electron chi connectivity index (χ3n) is 8.89. The Morgan fingerprint density at radius 1 is 1.00 bits per heavy atom. The van der Waals surface area contributed by atoms with Gasteiger partial charge in [-0.3, -0.25) is 4.79 Å². The Morgan fingerprint density at radius 2 is 1.74 bits per heavy atom. The quantitative estimate of drug-likeness (QED) is 0.811. The van der Waals surface area contributed by atoms with E-state index >= 15 is 0 Å². The molecule has 1 spiro atoms. The SMILES string of the molecule is O=C1C[C@@H]2CC3(CCN(C4CC5CCC(C5)C4)CC3)c3ccccc3[C@@H]2N1. The molecule has 2 unspecified atom stereocenters. The van der Waals surface area contributed by atoms with E-state index in [9.17, 15) is 4.79 Å². The zero-order valence-electron chi connectivity index (χ0n) is 16.3. The van der Waals surface area contributed by atoms with E-state index in [1.807, 2.05) is 0 Å². The zero-order valence-corrected chi connectivity index (χ0v) is 16.3. The maximum Gasteiger partial charge on any atom is 0.220 e. The van der Waals surface area contributed by atoms with Gasteiger partial charge in [0.2, 0.25) is 5.91 Å². The van der Waals surface area contributed by atoms with Gasteiger partial charge in [-0.2, -0.15) is 0 Å². The molecule has 5 aliphatic rings. The summed E-state index contributed by atoms with van der Waals surface area (Å²) in [6.07, 6.45) is 11.9. The number of rotatable bonds is 1. The van der Waals surface area contributed by atoms with Crippen molar-refractivity contribution in [2.75, 3.05) is 13.1 Å². The van der Waals surface area contributed by atoms with Crippen LogP contribution in [0.3, 0.4) is 0 Å². The number of benzene rings is 1. The van der Waals surface area contributed by atoms with Crippen LogP contribution in [-0.4, -0.2) is 29.9 Å². The van der Waals surface area contributed by atoms with Crippen molar-refractivity contribution >= 4 is 5.91 Å². The normalized spacial score (nSPS) is 39.9. The third kappa shape index (κ3) is 2.61. The second-order valence-electron chi connectivity index (χ2n) is 10.3. The minimum Gasteiger partial charge on any atom is -0.349 e. The van der Waals surface area contributed by atoms with Gasteiger partial charge in [-0.1, -0.05) is 37.1 Å². The van der Waals surface area contributed by atoms with Crippen molar-refractivity contribution in [2.45, 2.75) is 75.3 Å². The molecule has 144 valence electrons. The fraction of sp³-hybridized carbons (Fsp3) is 0.708. The molecule has 0 radical (unpaired) electrons. The smallest absolute Gasteiger partial charge is 0.220 e. The van der Waals surface area contributed by atoms with Gasteiger partial charge in [0.1, 0.15) is 0 Å². The van der Waals surface area contributed by atoms with Crippen LogP contribution in [0.25, 0.3) is 0 Å². The van der Waals surface area contributed by atoms with Crippen molar-refractivity contribution < 1.29 is 4.79 Å². The fourth-order valence-corrected chi connectivity index (χ4v) is 7.65. The summed E-state index contributed by atoms with van der Waals surface area (Å²) in [6.45, 7) is 2.52. The first-order chi connectivity index (χ1) is 13.2. The first kappa shape index (κ1) is 16.6. The van der Waals surface area contributed by atoms with E-state index in [1.165, 1.54) is 70.0 Å². The number of piperidine rings is 1. The van der Waals surface area contributed by atoms with Crippen molar-refractivity contribution in [3.8, 4) is 0 Å². The zero-order chi connectivity index (χ0) is 18.0. The summed E-state index contributed by atoms with van der Waals surface area (Å²) in [5.74, 6) is 2.81. The summed E-state index contributed by atoms with van der Waals surface area (Å²) < 4.78 is 0. The van der Waals surface area contributed by atoms with E-state index in [1.54, 1.807) is 5.56 Å². The standard InChI is InChI=1S/C24H32N2O/c27-22-14-18-15-24(21-4-2-1-3-20(21)23(18)25-22)7-9-26(10-8-24)19-12-16-5-6-17(11-16)13-19/h1-4,16-19,23H,5-15H2,(H,25,27)/t16?,17?,18-,19?,23-/m1/s1. The lowest BCUT2D eigenvalue weighted by atomic mass is 9.60. The number of nitrogens with one attached hydrogen (secondary N) is 1. The van der Waals surface area contributed by atoms with Crippen LogP contribution in [0, 0.1) is 17.8 Å². The topological polar surface area (TPSA) is 32.3 Å². The highest BCUT2D eigenvalue weighted by Crippen LogP contribution is 2.53. The Kier molecular flexibility index (Phi) is 3.73. The molecule has 4 atom stereocenters. The maximum absolute atomic E-state index is 12.1. The lowest BCUT2D eigenvalue weighted by molar-refractivity contribution is -0.119. The van der Waals surface area contributed by atoms with Crippen LogP contribution in [-0.2, 0) is 10.2 Å². The predicted molar refractivity (Wildman–Crippen MR) is 106 cm³/mol. The molecule has 2 bridgehead atoms. The van der Waals surface area contributed by atoms with E-state index in [4.69, 9.17) is 0 Å². The van der Waals surface area contributed by atoms with Crippen molar-refractivity contribution in [2.24, 2.45) is 17.8 Å². The number of likely N-dealkylation sites (tertiary alicyclic amines) is 1. The lowest BCUT2D eigenvalue weighted by Crippen LogP contribution is -2.50. The van der Waals surface area contributed by atoms with Crippen molar-refractivity contribution in [1.82, 2.24) is 10.2 Å². The summed E-state index contributed by atoms with van der Waals surface area (Å²) in [4.78, 5) is 14.9. The van der Waals surface area contributed by atoms with Crippen LogP contribution in [0.2, 0.25) is 0 Å². The minimum atomic E-state index is 0.256. The van der Waals surface area contributed by atoms with Crippen LogP contribution in [0.4, 0.5) is 0 Å². The first-order valence-corrected chi connectivity index (χ1v) is 11.3. The predicted octanol–water partition coefficient (Wildman–Crippen LogP) is 4.18. The second-order valence-corrected chi connectivity index (χ2v) is 10.3. The summed E-state index contributed by atoms with van der Waals surface area (Å²) in [5, 5.41) is 3.26. The van der Waals surface area contributed by atoms with Gasteiger partial charge in [0.05, 0.1) is 6.04 Å². The van der Waals surface area contributed by atoms with Crippen molar-refractivity contribution in [1.29, 1.82) is 0 Å². The van der Waals surface area contributed by atoms with Crippen molar-refractivity contribution in [3.05, 3.63) is 35.4 Å². The van der Waals surface area contributed by atoms with Crippen molar-refractivity contribution in [3.63, 3.8) is 0 Å². The highest BCUT2D eigenvalue weighted by molar-refractivity contribution is 5.80. The minimum absolute atomic E-state index is 0.256. The van der Waals surface area contributed by atoms with Gasteiger partial charge in [-0.15, -0.1) is 0 Å². The number of carbonyl (C=O) groups is 1. The third-order valence-corrected chi connectivity index (χ3v) is 8.89. The Hall–Kier alpha value is -1.35. The van der Waals surface area contributed by atoms with Gasteiger partial charge >= 0.3 is 0 Å². The molecule has 2 aliphatic heterocycles. The van der Waals surface area contributed by atoms with E-state index in [-0.39, 0.29) is 11.9 Å². The molecule has 6 rings (SSSR count). The van der Waals surface area contributed by atoms with Crippen LogP contribution in [0.15, 0.2) is 24.3 Å². The lowest BCUT2D eigenvalue weighted by Gasteiger charge is -2.50. The van der Waals surface area contributed by atoms with E-state index in [0.29, 0.717) is 11.3 Å². The molecule has 0 aromatic heterocycles. The molecule has 1 aromatic carbocycles. The summed E-state index contributed by atoms with van der Waals surface area (Å²) in [6, 6.07) is 10.1. The van der Waals surface area contributed by atoms with E-state index in [0.717, 1.165) is 24.3 Å². The highest BCUT2D eigenvalue weighted by Gasteiger charge is 2.49. The molecule has 1 amide bonds. The Bertz CT molecular complexity index is 739. The average molecular weight is 365 g/mol. The molecule has 1 aromatic rings. The number of nitrogens with zero attached hydrogens (tertiary/aromatic N) is 1. The molecule has 4 fully saturated rings. The van der Waals surface area contributed by atoms with E-state index in [2.05, 4.69) is 34.5 Å². The number of hydrogen-bond acceptors (Lipinski definition) is 2. The van der Waals surface area contributed by atoms with Gasteiger partial charge < -0.3 is 10.2 Å². The van der Waals surface area contributed by atoms with Gasteiger partial charge in [0, 0.05) is 12.5 Å². The Morgan fingerprint density at radius 3 is 2.52 bits per heavy atom. The molecule has 1 N–H and O–H groups in total. The monoisotopic (exact) mass is 364 g/mol.